The second-order valence-corrected chi connectivity index (χ2v) is 4.70. The molecule has 102 valence electrons. The number of oxazole rings is 1. The number of rotatable bonds is 3. The van der Waals surface area contributed by atoms with E-state index in [1.165, 1.54) is 0 Å². The van der Waals surface area contributed by atoms with E-state index in [9.17, 15) is 4.79 Å². The van der Waals surface area contributed by atoms with Crippen LogP contribution < -0.4 is 17.2 Å². The monoisotopic (exact) mass is 269 g/mol. The lowest BCUT2D eigenvalue weighted by atomic mass is 9.98. The molecule has 5 heteroatoms. The summed E-state index contributed by atoms with van der Waals surface area (Å²) in [7, 11) is 0. The van der Waals surface area contributed by atoms with Crippen LogP contribution in [0.2, 0.25) is 0 Å². The number of aromatic nitrogens is 1. The fraction of sp³-hybridized carbons (Fsp3) is 0.133. The van der Waals surface area contributed by atoms with Crippen molar-refractivity contribution in [3.8, 4) is 0 Å². The summed E-state index contributed by atoms with van der Waals surface area (Å²) in [6.07, 6.45) is 0. The van der Waals surface area contributed by atoms with Crippen molar-refractivity contribution in [1.82, 2.24) is 4.98 Å². The van der Waals surface area contributed by atoms with E-state index in [1.54, 1.807) is 6.07 Å². The summed E-state index contributed by atoms with van der Waals surface area (Å²) in [6, 6.07) is 13.0. The van der Waals surface area contributed by atoms with E-state index in [-0.39, 0.29) is 6.04 Å². The molecule has 5 nitrogen and oxygen atoms in total. The van der Waals surface area contributed by atoms with Crippen LogP contribution in [0.25, 0.3) is 11.1 Å². The number of hydrogen-bond donors (Lipinski definition) is 3. The van der Waals surface area contributed by atoms with E-state index in [2.05, 4.69) is 4.98 Å². The van der Waals surface area contributed by atoms with Gasteiger partial charge in [0.1, 0.15) is 0 Å². The molecule has 0 aliphatic rings. The molecule has 2 aromatic carbocycles. The van der Waals surface area contributed by atoms with E-state index in [4.69, 9.17) is 15.9 Å². The molecule has 0 spiro atoms. The maximum Gasteiger partial charge on any atom is 0.417 e. The number of H-pyrrole nitrogens is 1. The van der Waals surface area contributed by atoms with Gasteiger partial charge in [0, 0.05) is 6.54 Å². The summed E-state index contributed by atoms with van der Waals surface area (Å²) in [6.45, 7) is 0.481. The number of fused-ring (bicyclic) bond motifs is 1. The minimum Gasteiger partial charge on any atom is -0.408 e. The Kier molecular flexibility index (Phi) is 3.14. The first-order valence-electron chi connectivity index (χ1n) is 6.34. The summed E-state index contributed by atoms with van der Waals surface area (Å²) < 4.78 is 4.98. The summed E-state index contributed by atoms with van der Waals surface area (Å²) >= 11 is 0. The quantitative estimate of drug-likeness (QED) is 0.673. The first-order valence-corrected chi connectivity index (χ1v) is 6.34. The summed E-state index contributed by atoms with van der Waals surface area (Å²) in [5, 5.41) is 0. The molecule has 1 unspecified atom stereocenters. The average Bonchev–Trinajstić information content (AvgIpc) is 2.85. The number of aromatic amines is 1. The maximum atomic E-state index is 11.2. The van der Waals surface area contributed by atoms with Gasteiger partial charge >= 0.3 is 5.76 Å². The van der Waals surface area contributed by atoms with Gasteiger partial charge in [0.2, 0.25) is 0 Å². The third-order valence-corrected chi connectivity index (χ3v) is 3.35. The molecule has 0 bridgehead atoms. The topological polar surface area (TPSA) is 98.0 Å². The molecule has 0 saturated heterocycles. The molecule has 0 saturated carbocycles. The van der Waals surface area contributed by atoms with Crippen LogP contribution in [0.3, 0.4) is 0 Å². The van der Waals surface area contributed by atoms with E-state index in [1.807, 2.05) is 36.4 Å². The summed E-state index contributed by atoms with van der Waals surface area (Å²) in [4.78, 5) is 13.8. The van der Waals surface area contributed by atoms with Crippen molar-refractivity contribution in [2.75, 3.05) is 0 Å². The Balaban J connectivity index is 2.02. The van der Waals surface area contributed by atoms with Gasteiger partial charge in [-0.25, -0.2) is 4.79 Å². The third kappa shape index (κ3) is 2.24. The first-order chi connectivity index (χ1) is 9.67. The number of benzene rings is 2. The van der Waals surface area contributed by atoms with Crippen LogP contribution in [0.1, 0.15) is 22.7 Å². The van der Waals surface area contributed by atoms with Gasteiger partial charge in [-0.2, -0.15) is 0 Å². The standard InChI is InChI=1S/C15H15N3O2/c16-8-9-2-1-3-10(6-9)14(17)11-4-5-13-12(7-11)18-15(19)20-13/h1-7,14H,8,16-17H2,(H,18,19). The maximum absolute atomic E-state index is 11.2. The predicted molar refractivity (Wildman–Crippen MR) is 77.2 cm³/mol. The van der Waals surface area contributed by atoms with Gasteiger partial charge in [0.25, 0.3) is 0 Å². The molecule has 3 rings (SSSR count). The molecule has 0 fully saturated rings. The minimum atomic E-state index is -0.462. The van der Waals surface area contributed by atoms with Crippen molar-refractivity contribution >= 4 is 11.1 Å². The molecular weight excluding hydrogens is 254 g/mol. The lowest BCUT2D eigenvalue weighted by molar-refractivity contribution is 0.555. The van der Waals surface area contributed by atoms with Crippen LogP contribution in [0, 0.1) is 0 Å². The number of nitrogens with two attached hydrogens (primary N) is 2. The molecule has 1 heterocycles. The molecule has 0 amide bonds. The van der Waals surface area contributed by atoms with Crippen LogP contribution in [0.5, 0.6) is 0 Å². The zero-order valence-corrected chi connectivity index (χ0v) is 10.8. The van der Waals surface area contributed by atoms with Gasteiger partial charge < -0.3 is 15.9 Å². The van der Waals surface area contributed by atoms with Crippen LogP contribution in [-0.2, 0) is 6.54 Å². The van der Waals surface area contributed by atoms with Gasteiger partial charge in [0.15, 0.2) is 5.58 Å². The van der Waals surface area contributed by atoms with Crippen molar-refractivity contribution in [1.29, 1.82) is 0 Å². The first kappa shape index (κ1) is 12.7. The fourth-order valence-corrected chi connectivity index (χ4v) is 2.27. The highest BCUT2D eigenvalue weighted by atomic mass is 16.4. The molecule has 3 aromatic rings. The Morgan fingerprint density at radius 2 is 1.95 bits per heavy atom. The Labute approximate surface area is 115 Å². The van der Waals surface area contributed by atoms with E-state index in [0.717, 1.165) is 16.7 Å². The van der Waals surface area contributed by atoms with Crippen molar-refractivity contribution in [2.24, 2.45) is 11.5 Å². The van der Waals surface area contributed by atoms with Gasteiger partial charge in [-0.3, -0.25) is 4.98 Å². The van der Waals surface area contributed by atoms with Crippen LogP contribution in [-0.4, -0.2) is 4.98 Å². The third-order valence-electron chi connectivity index (χ3n) is 3.35. The molecule has 1 aromatic heterocycles. The van der Waals surface area contributed by atoms with Gasteiger partial charge in [0.05, 0.1) is 11.6 Å². The second-order valence-electron chi connectivity index (χ2n) is 4.70. The zero-order chi connectivity index (χ0) is 14.1. The highest BCUT2D eigenvalue weighted by Crippen LogP contribution is 2.23. The second kappa shape index (κ2) is 4.96. The predicted octanol–water partition coefficient (Wildman–Crippen LogP) is 1.63. The Morgan fingerprint density at radius 3 is 2.75 bits per heavy atom. The average molecular weight is 269 g/mol. The largest absolute Gasteiger partial charge is 0.417 e. The van der Waals surface area contributed by atoms with Crippen molar-refractivity contribution in [3.05, 3.63) is 69.7 Å². The zero-order valence-electron chi connectivity index (χ0n) is 10.8. The lowest BCUT2D eigenvalue weighted by Crippen LogP contribution is -2.12. The number of nitrogens with one attached hydrogen (secondary N) is 1. The van der Waals surface area contributed by atoms with Crippen LogP contribution >= 0.6 is 0 Å². The molecule has 5 N–H and O–H groups in total. The summed E-state index contributed by atoms with van der Waals surface area (Å²) in [5.41, 5.74) is 16.0. The summed E-state index contributed by atoms with van der Waals surface area (Å²) in [5.74, 6) is -0.462. The van der Waals surface area contributed by atoms with E-state index >= 15 is 0 Å². The van der Waals surface area contributed by atoms with E-state index in [0.29, 0.717) is 17.6 Å². The van der Waals surface area contributed by atoms with Crippen molar-refractivity contribution in [3.63, 3.8) is 0 Å². The van der Waals surface area contributed by atoms with Crippen LogP contribution in [0.4, 0.5) is 0 Å². The SMILES string of the molecule is NCc1cccc(C(N)c2ccc3oc(=O)[nH]c3c2)c1. The molecule has 20 heavy (non-hydrogen) atoms. The highest BCUT2D eigenvalue weighted by Gasteiger charge is 2.11. The minimum absolute atomic E-state index is 0.274. The molecule has 1 atom stereocenters. The Hall–Kier alpha value is -2.37. The Morgan fingerprint density at radius 1 is 1.15 bits per heavy atom. The van der Waals surface area contributed by atoms with Gasteiger partial charge in [-0.15, -0.1) is 0 Å². The van der Waals surface area contributed by atoms with Crippen molar-refractivity contribution in [2.45, 2.75) is 12.6 Å². The normalized spacial score (nSPS) is 12.7. The Bertz CT molecular complexity index is 804. The molecule has 0 aliphatic carbocycles. The van der Waals surface area contributed by atoms with E-state index < -0.39 is 5.76 Å². The van der Waals surface area contributed by atoms with Gasteiger partial charge in [-0.1, -0.05) is 30.3 Å². The lowest BCUT2D eigenvalue weighted by Gasteiger charge is -2.13. The van der Waals surface area contributed by atoms with Crippen molar-refractivity contribution < 1.29 is 4.42 Å². The smallest absolute Gasteiger partial charge is 0.408 e. The van der Waals surface area contributed by atoms with Crippen LogP contribution in [0.15, 0.2) is 51.7 Å². The number of hydrogen-bond acceptors (Lipinski definition) is 4. The highest BCUT2D eigenvalue weighted by molar-refractivity contribution is 5.73. The van der Waals surface area contributed by atoms with Gasteiger partial charge in [-0.05, 0) is 28.8 Å². The molecule has 0 aliphatic heterocycles. The molecule has 0 radical (unpaired) electrons. The fourth-order valence-electron chi connectivity index (χ4n) is 2.27. The molecular formula is C15H15N3O2.